The van der Waals surface area contributed by atoms with Crippen LogP contribution in [0.1, 0.15) is 65.5 Å². The van der Waals surface area contributed by atoms with Crippen LogP contribution in [0.3, 0.4) is 0 Å². The normalized spacial score (nSPS) is 12.9. The molecule has 3 unspecified atom stereocenters. The zero-order valence-electron chi connectivity index (χ0n) is 26.2. The van der Waals surface area contributed by atoms with Crippen LogP contribution in [0.15, 0.2) is 36.4 Å². The molecule has 0 fully saturated rings. The molecule has 43 heavy (non-hydrogen) atoms. The van der Waals surface area contributed by atoms with E-state index >= 15 is 0 Å². The molecule has 3 atom stereocenters. The Bertz CT molecular complexity index is 1180. The maximum atomic E-state index is 13.2. The molecule has 0 aromatic heterocycles. The molecule has 0 aliphatic carbocycles. The number of halogens is 3. The number of nitrogens with one attached hydrogen (secondary N) is 1. The van der Waals surface area contributed by atoms with Crippen LogP contribution in [0.5, 0.6) is 0 Å². The van der Waals surface area contributed by atoms with Gasteiger partial charge in [0.25, 0.3) is 0 Å². The highest BCUT2D eigenvalue weighted by atomic mass is 32.2. The van der Waals surface area contributed by atoms with Gasteiger partial charge in [-0.25, -0.2) is 18.0 Å². The standard InChI is InChI=1S/C21H34N2O3S.C11H12F3NO/c1-7-13-27-16(5)20(24)22-14-17-9-11-18(12-10-17)23(6)19(15(3)4)21(25)26-8-2;1-6(16)2-8(15)3-7-4-10(13)11(14)5-9(7)12/h9-12,15-16,19H,7-8,13-14H2,1-6H3,(H,22,24);4-5,8H,2-3,15H2,1H3. The molecule has 7 nitrogen and oxygen atoms in total. The second-order valence-electron chi connectivity index (χ2n) is 10.7. The fourth-order valence-corrected chi connectivity index (χ4v) is 5.09. The summed E-state index contributed by atoms with van der Waals surface area (Å²) in [6, 6.07) is 8.26. The van der Waals surface area contributed by atoms with E-state index in [1.807, 2.05) is 63.9 Å². The predicted molar refractivity (Wildman–Crippen MR) is 167 cm³/mol. The van der Waals surface area contributed by atoms with Gasteiger partial charge in [0, 0.05) is 37.8 Å². The molecule has 0 aliphatic rings. The maximum Gasteiger partial charge on any atom is 0.329 e. The molecule has 3 N–H and O–H groups in total. The average Bonchev–Trinajstić information content (AvgIpc) is 2.93. The number of likely N-dealkylation sites (N-methyl/N-ethyl adjacent to an activating group) is 1. The van der Waals surface area contributed by atoms with E-state index in [9.17, 15) is 27.6 Å². The zero-order valence-corrected chi connectivity index (χ0v) is 27.0. The summed E-state index contributed by atoms with van der Waals surface area (Å²) >= 11 is 1.68. The first kappa shape index (κ1) is 38.0. The second kappa shape index (κ2) is 19.3. The lowest BCUT2D eigenvalue weighted by atomic mass is 10.0. The summed E-state index contributed by atoms with van der Waals surface area (Å²) in [7, 11) is 1.91. The van der Waals surface area contributed by atoms with Crippen LogP contribution in [0.2, 0.25) is 0 Å². The summed E-state index contributed by atoms with van der Waals surface area (Å²) in [5, 5.41) is 2.95. The number of thioether (sulfide) groups is 1. The van der Waals surface area contributed by atoms with Crippen molar-refractivity contribution in [3.05, 3.63) is 65.0 Å². The van der Waals surface area contributed by atoms with E-state index in [2.05, 4.69) is 12.2 Å². The zero-order chi connectivity index (χ0) is 32.7. The number of anilines is 1. The molecule has 0 saturated carbocycles. The number of hydrogen-bond donors (Lipinski definition) is 2. The number of Topliss-reactive ketones (excluding diaryl/α,β-unsaturated/α-hetero) is 1. The maximum absolute atomic E-state index is 13.2. The van der Waals surface area contributed by atoms with Crippen molar-refractivity contribution >= 4 is 35.1 Å². The highest BCUT2D eigenvalue weighted by Crippen LogP contribution is 2.21. The predicted octanol–water partition coefficient (Wildman–Crippen LogP) is 5.81. The third kappa shape index (κ3) is 13.4. The molecular formula is C32H46F3N3O4S. The monoisotopic (exact) mass is 625 g/mol. The van der Waals surface area contributed by atoms with Crippen LogP contribution >= 0.6 is 11.8 Å². The molecule has 0 heterocycles. The fourth-order valence-electron chi connectivity index (χ4n) is 4.26. The Labute approximate surface area is 258 Å². The summed E-state index contributed by atoms with van der Waals surface area (Å²) in [6.45, 7) is 12.1. The Morgan fingerprint density at radius 3 is 2.14 bits per heavy atom. The SMILES string of the molecule is CC(=O)CC(N)Cc1cc(F)c(F)cc1F.CCCSC(C)C(=O)NCc1ccc(N(C)C(C(=O)OCC)C(C)C)cc1. The number of nitrogens with two attached hydrogens (primary N) is 1. The quantitative estimate of drug-likeness (QED) is 0.190. The van der Waals surface area contributed by atoms with Gasteiger partial charge in [0.2, 0.25) is 5.91 Å². The van der Waals surface area contributed by atoms with E-state index < -0.39 is 23.5 Å². The van der Waals surface area contributed by atoms with Gasteiger partial charge in [0.1, 0.15) is 17.6 Å². The summed E-state index contributed by atoms with van der Waals surface area (Å²) < 4.78 is 43.8. The van der Waals surface area contributed by atoms with E-state index in [0.29, 0.717) is 19.2 Å². The van der Waals surface area contributed by atoms with Crippen LogP contribution in [-0.2, 0) is 32.1 Å². The van der Waals surface area contributed by atoms with Crippen LogP contribution < -0.4 is 16.0 Å². The minimum absolute atomic E-state index is 0.00259. The molecular weight excluding hydrogens is 579 g/mol. The van der Waals surface area contributed by atoms with Gasteiger partial charge in [-0.2, -0.15) is 0 Å². The first-order chi connectivity index (χ1) is 20.2. The smallest absolute Gasteiger partial charge is 0.329 e. The molecule has 0 radical (unpaired) electrons. The van der Waals surface area contributed by atoms with Crippen LogP contribution in [-0.4, -0.2) is 54.4 Å². The molecule has 240 valence electrons. The van der Waals surface area contributed by atoms with Crippen molar-refractivity contribution in [2.45, 2.75) is 84.7 Å². The van der Waals surface area contributed by atoms with Gasteiger partial charge < -0.3 is 20.7 Å². The van der Waals surface area contributed by atoms with Gasteiger partial charge in [0.05, 0.1) is 11.9 Å². The second-order valence-corrected chi connectivity index (χ2v) is 12.1. The third-order valence-electron chi connectivity index (χ3n) is 6.45. The van der Waals surface area contributed by atoms with Gasteiger partial charge in [-0.1, -0.05) is 32.9 Å². The van der Waals surface area contributed by atoms with Crippen molar-refractivity contribution in [2.24, 2.45) is 11.7 Å². The minimum Gasteiger partial charge on any atom is -0.464 e. The van der Waals surface area contributed by atoms with E-state index in [1.54, 1.807) is 11.8 Å². The number of nitrogens with zero attached hydrogens (tertiary/aromatic N) is 1. The van der Waals surface area contributed by atoms with Crippen molar-refractivity contribution in [1.82, 2.24) is 5.32 Å². The molecule has 0 aliphatic heterocycles. The fraction of sp³-hybridized carbons (Fsp3) is 0.531. The number of esters is 1. The Balaban J connectivity index is 0.000000490. The summed E-state index contributed by atoms with van der Waals surface area (Å²) in [5.41, 5.74) is 7.52. The summed E-state index contributed by atoms with van der Waals surface area (Å²) in [6.07, 6.45) is 1.15. The first-order valence-corrected chi connectivity index (χ1v) is 15.5. The largest absolute Gasteiger partial charge is 0.464 e. The van der Waals surface area contributed by atoms with Crippen molar-refractivity contribution in [1.29, 1.82) is 0 Å². The number of amides is 1. The molecule has 11 heteroatoms. The van der Waals surface area contributed by atoms with Crippen molar-refractivity contribution < 1.29 is 32.3 Å². The molecule has 0 bridgehead atoms. The van der Waals surface area contributed by atoms with E-state index in [0.717, 1.165) is 29.5 Å². The van der Waals surface area contributed by atoms with Crippen molar-refractivity contribution in [2.75, 3.05) is 24.3 Å². The van der Waals surface area contributed by atoms with E-state index in [-0.39, 0.29) is 53.3 Å². The molecule has 2 rings (SSSR count). The first-order valence-electron chi connectivity index (χ1n) is 14.5. The number of hydrogen-bond acceptors (Lipinski definition) is 7. The number of carbonyl (C=O) groups is 3. The number of rotatable bonds is 15. The molecule has 0 spiro atoms. The van der Waals surface area contributed by atoms with Gasteiger partial charge in [0.15, 0.2) is 11.6 Å². The molecule has 0 saturated heterocycles. The lowest BCUT2D eigenvalue weighted by Gasteiger charge is -2.31. The van der Waals surface area contributed by atoms with Crippen LogP contribution in [0.4, 0.5) is 18.9 Å². The van der Waals surface area contributed by atoms with Gasteiger partial charge in [-0.05, 0) is 74.6 Å². The number of ketones is 1. The Morgan fingerprint density at radius 2 is 1.60 bits per heavy atom. The lowest BCUT2D eigenvalue weighted by Crippen LogP contribution is -2.43. The van der Waals surface area contributed by atoms with Gasteiger partial charge in [-0.3, -0.25) is 9.59 Å². The highest BCUT2D eigenvalue weighted by Gasteiger charge is 2.28. The summed E-state index contributed by atoms with van der Waals surface area (Å²) in [4.78, 5) is 37.1. The Morgan fingerprint density at radius 1 is 1.00 bits per heavy atom. The average molecular weight is 626 g/mol. The molecule has 1 amide bonds. The van der Waals surface area contributed by atoms with E-state index in [4.69, 9.17) is 10.5 Å². The van der Waals surface area contributed by atoms with Crippen molar-refractivity contribution in [3.63, 3.8) is 0 Å². The molecule has 2 aromatic carbocycles. The topological polar surface area (TPSA) is 102 Å². The highest BCUT2D eigenvalue weighted by molar-refractivity contribution is 8.00. The lowest BCUT2D eigenvalue weighted by molar-refractivity contribution is -0.145. The Kier molecular flexibility index (Phi) is 17.0. The van der Waals surface area contributed by atoms with Crippen LogP contribution in [0.25, 0.3) is 0 Å². The number of ether oxygens (including phenoxy) is 1. The molecule has 2 aromatic rings. The Hall–Kier alpha value is -3.05. The van der Waals surface area contributed by atoms with Crippen molar-refractivity contribution in [3.8, 4) is 0 Å². The van der Waals surface area contributed by atoms with Gasteiger partial charge in [-0.15, -0.1) is 11.8 Å². The van der Waals surface area contributed by atoms with Crippen LogP contribution in [0, 0.1) is 23.4 Å². The van der Waals surface area contributed by atoms with Gasteiger partial charge >= 0.3 is 5.97 Å². The minimum atomic E-state index is -1.23. The summed E-state index contributed by atoms with van der Waals surface area (Å²) in [5.74, 6) is -2.34. The third-order valence-corrected chi connectivity index (χ3v) is 7.81. The van der Waals surface area contributed by atoms with E-state index in [1.165, 1.54) is 6.92 Å². The number of carbonyl (C=O) groups excluding carboxylic acids is 3. The number of benzene rings is 2.